The third kappa shape index (κ3) is 5.09. The largest absolute Gasteiger partial charge is 0.310 e. The highest BCUT2D eigenvalue weighted by atomic mass is 15.1. The third-order valence-corrected chi connectivity index (χ3v) is 14.6. The number of hydrogen-bond acceptors (Lipinski definition) is 1. The van der Waals surface area contributed by atoms with Crippen LogP contribution in [0, 0.1) is 0 Å². The van der Waals surface area contributed by atoms with E-state index in [1.54, 1.807) is 0 Å². The molecule has 0 atom stereocenters. The summed E-state index contributed by atoms with van der Waals surface area (Å²) in [5, 5.41) is 0. The van der Waals surface area contributed by atoms with Gasteiger partial charge in [-0.3, -0.25) is 0 Å². The van der Waals surface area contributed by atoms with Crippen molar-refractivity contribution in [2.45, 2.75) is 43.9 Å². The molecule has 296 valence electrons. The lowest BCUT2D eigenvalue weighted by molar-refractivity contribution is 0.563. The second kappa shape index (κ2) is 13.4. The second-order valence-electron chi connectivity index (χ2n) is 18.5. The van der Waals surface area contributed by atoms with E-state index in [0.29, 0.717) is 0 Å². The van der Waals surface area contributed by atoms with Crippen molar-refractivity contribution >= 4 is 17.1 Å². The maximum atomic E-state index is 2.50. The molecule has 1 spiro atoms. The maximum absolute atomic E-state index is 2.50. The molecule has 0 radical (unpaired) electrons. The summed E-state index contributed by atoms with van der Waals surface area (Å²) in [5.74, 6) is 0. The number of hydrogen-bond donors (Lipinski definition) is 0. The van der Waals surface area contributed by atoms with Gasteiger partial charge in [0, 0.05) is 27.9 Å². The fourth-order valence-corrected chi connectivity index (χ4v) is 11.5. The number of fused-ring (bicyclic) bond motifs is 12. The minimum Gasteiger partial charge on any atom is -0.310 e. The van der Waals surface area contributed by atoms with Crippen LogP contribution in [-0.2, 0) is 16.2 Å². The van der Waals surface area contributed by atoms with Gasteiger partial charge in [-0.25, -0.2) is 0 Å². The van der Waals surface area contributed by atoms with E-state index in [1.165, 1.54) is 89.0 Å². The first-order valence-electron chi connectivity index (χ1n) is 22.0. The Hall–Kier alpha value is -7.22. The molecule has 3 aliphatic rings. The Morgan fingerprint density at radius 1 is 0.258 bits per heavy atom. The molecule has 0 heterocycles. The Balaban J connectivity index is 1.02. The highest BCUT2D eigenvalue weighted by molar-refractivity contribution is 5.90. The van der Waals surface area contributed by atoms with Gasteiger partial charge in [-0.15, -0.1) is 0 Å². The lowest BCUT2D eigenvalue weighted by Gasteiger charge is -2.47. The van der Waals surface area contributed by atoms with Gasteiger partial charge in [-0.1, -0.05) is 198 Å². The normalized spacial score (nSPS) is 15.2. The van der Waals surface area contributed by atoms with E-state index in [2.05, 4.69) is 245 Å². The van der Waals surface area contributed by atoms with Crippen molar-refractivity contribution in [2.75, 3.05) is 4.90 Å². The van der Waals surface area contributed by atoms with Gasteiger partial charge in [0.05, 0.1) is 5.41 Å². The third-order valence-electron chi connectivity index (χ3n) is 14.6. The first kappa shape index (κ1) is 36.6. The fraction of sp³-hybridized carbons (Fsp3) is 0.115. The molecule has 0 unspecified atom stereocenters. The van der Waals surface area contributed by atoms with Gasteiger partial charge in [0.15, 0.2) is 0 Å². The Labute approximate surface area is 365 Å². The molecule has 3 aliphatic carbocycles. The number of benzene rings is 9. The first-order valence-corrected chi connectivity index (χ1v) is 22.0. The molecule has 0 amide bonds. The summed E-state index contributed by atoms with van der Waals surface area (Å²) in [6.07, 6.45) is 0. The van der Waals surface area contributed by atoms with Gasteiger partial charge < -0.3 is 4.90 Å². The zero-order valence-corrected chi connectivity index (χ0v) is 35.7. The van der Waals surface area contributed by atoms with E-state index in [9.17, 15) is 0 Å². The summed E-state index contributed by atoms with van der Waals surface area (Å²) >= 11 is 0. The van der Waals surface area contributed by atoms with E-state index in [4.69, 9.17) is 0 Å². The van der Waals surface area contributed by atoms with E-state index in [1.807, 2.05) is 0 Å². The van der Waals surface area contributed by atoms with Crippen molar-refractivity contribution in [3.8, 4) is 44.5 Å². The topological polar surface area (TPSA) is 3.24 Å². The summed E-state index contributed by atoms with van der Waals surface area (Å²) in [4.78, 5) is 2.45. The highest BCUT2D eigenvalue weighted by Gasteiger charge is 2.53. The van der Waals surface area contributed by atoms with Crippen molar-refractivity contribution < 1.29 is 0 Å². The molecule has 0 aromatic heterocycles. The molecule has 0 saturated carbocycles. The molecule has 0 fully saturated rings. The van der Waals surface area contributed by atoms with Gasteiger partial charge in [0.1, 0.15) is 0 Å². The van der Waals surface area contributed by atoms with Crippen molar-refractivity contribution in [2.24, 2.45) is 0 Å². The summed E-state index contributed by atoms with van der Waals surface area (Å²) in [7, 11) is 0. The Kier molecular flexibility index (Phi) is 7.91. The minimum absolute atomic E-state index is 0.0490. The lowest BCUT2D eigenvalue weighted by atomic mass is 9.55. The maximum Gasteiger partial charge on any atom is 0.0719 e. The smallest absolute Gasteiger partial charge is 0.0719 e. The van der Waals surface area contributed by atoms with Crippen LogP contribution in [0.3, 0.4) is 0 Å². The van der Waals surface area contributed by atoms with Crippen LogP contribution in [0.25, 0.3) is 44.5 Å². The van der Waals surface area contributed by atoms with Crippen molar-refractivity contribution in [1.29, 1.82) is 0 Å². The zero-order valence-electron chi connectivity index (χ0n) is 35.7. The van der Waals surface area contributed by atoms with Crippen LogP contribution >= 0.6 is 0 Å². The summed E-state index contributed by atoms with van der Waals surface area (Å²) in [6.45, 7) is 9.54. The second-order valence-corrected chi connectivity index (χ2v) is 18.5. The van der Waals surface area contributed by atoms with Gasteiger partial charge >= 0.3 is 0 Å². The Morgan fingerprint density at radius 2 is 0.661 bits per heavy atom. The lowest BCUT2D eigenvalue weighted by Crippen LogP contribution is -2.40. The summed E-state index contributed by atoms with van der Waals surface area (Å²) in [6, 6.07) is 79.6. The average molecular weight is 794 g/mol. The Morgan fingerprint density at radius 3 is 1.27 bits per heavy atom. The van der Waals surface area contributed by atoms with Gasteiger partial charge in [-0.2, -0.15) is 0 Å². The van der Waals surface area contributed by atoms with Crippen molar-refractivity contribution in [1.82, 2.24) is 0 Å². The number of rotatable bonds is 5. The molecule has 0 bridgehead atoms. The van der Waals surface area contributed by atoms with E-state index in [0.717, 1.165) is 17.1 Å². The molecule has 0 saturated heterocycles. The van der Waals surface area contributed by atoms with Crippen LogP contribution in [-0.4, -0.2) is 0 Å². The molecule has 12 rings (SSSR count). The van der Waals surface area contributed by atoms with Crippen LogP contribution in [0.15, 0.2) is 212 Å². The van der Waals surface area contributed by atoms with Crippen LogP contribution < -0.4 is 4.90 Å². The quantitative estimate of drug-likeness (QED) is 0.168. The monoisotopic (exact) mass is 793 g/mol. The van der Waals surface area contributed by atoms with Gasteiger partial charge in [0.25, 0.3) is 0 Å². The molecule has 0 N–H and O–H groups in total. The predicted molar refractivity (Wildman–Crippen MR) is 259 cm³/mol. The summed E-state index contributed by atoms with van der Waals surface area (Å²) < 4.78 is 0. The first-order chi connectivity index (χ1) is 30.3. The Bertz CT molecular complexity index is 3180. The van der Waals surface area contributed by atoms with Crippen LogP contribution in [0.1, 0.15) is 72.2 Å². The molecule has 62 heavy (non-hydrogen) atoms. The van der Waals surface area contributed by atoms with E-state index < -0.39 is 5.41 Å². The standard InChI is InChI=1S/C61H47N/c1-59(2)51-21-11-8-18-47(51)50-36-30-43(38-57(50)59)42-28-33-45(34-29-42)62(44-31-26-41(27-32-44)40-16-6-5-7-17-40)46-35-37-56-58(39-46)60(3,4)54-24-14-15-25-55(54)61(56)52-22-12-9-19-48(52)49-20-10-13-23-53(49)61/h5-39H,1-4H3. The van der Waals surface area contributed by atoms with Crippen molar-refractivity contribution in [3.63, 3.8) is 0 Å². The average Bonchev–Trinajstić information content (AvgIpc) is 3.74. The van der Waals surface area contributed by atoms with Crippen molar-refractivity contribution in [3.05, 3.63) is 257 Å². The highest BCUT2D eigenvalue weighted by Crippen LogP contribution is 2.62. The fourth-order valence-electron chi connectivity index (χ4n) is 11.5. The number of nitrogens with zero attached hydrogens (tertiary/aromatic N) is 1. The molecule has 0 aliphatic heterocycles. The van der Waals surface area contributed by atoms with Gasteiger partial charge in [-0.05, 0) is 131 Å². The molecule has 9 aromatic carbocycles. The molecular formula is C61H47N. The van der Waals surface area contributed by atoms with Crippen LogP contribution in [0.2, 0.25) is 0 Å². The van der Waals surface area contributed by atoms with Crippen LogP contribution in [0.4, 0.5) is 17.1 Å². The molecule has 1 nitrogen and oxygen atoms in total. The molecule has 9 aromatic rings. The molecule has 1 heteroatoms. The SMILES string of the molecule is CC1(C)c2ccccc2-c2ccc(-c3ccc(N(c4ccc(-c5ccccc5)cc4)c4ccc5c(c4)C(C)(C)c4ccccc4C54c5ccccc5-c5ccccc54)cc3)cc21. The van der Waals surface area contributed by atoms with Crippen LogP contribution in [0.5, 0.6) is 0 Å². The van der Waals surface area contributed by atoms with Gasteiger partial charge in [0.2, 0.25) is 0 Å². The molecular weight excluding hydrogens is 747 g/mol. The van der Waals surface area contributed by atoms with E-state index in [-0.39, 0.29) is 10.8 Å². The van der Waals surface area contributed by atoms with E-state index >= 15 is 0 Å². The minimum atomic E-state index is -0.428. The summed E-state index contributed by atoms with van der Waals surface area (Å²) in [5.41, 5.74) is 23.9. The number of anilines is 3. The predicted octanol–water partition coefficient (Wildman–Crippen LogP) is 15.8. The zero-order chi connectivity index (χ0) is 41.8.